The molecule has 2 aromatic carbocycles. The van der Waals surface area contributed by atoms with Crippen LogP contribution in [0.1, 0.15) is 34.6 Å². The van der Waals surface area contributed by atoms with E-state index in [1.165, 1.54) is 22.8 Å². The fraction of sp³-hybridized carbons (Fsp3) is 0.294. The summed E-state index contributed by atoms with van der Waals surface area (Å²) >= 11 is 0. The zero-order chi connectivity index (χ0) is 13.2. The van der Waals surface area contributed by atoms with Crippen LogP contribution in [0.15, 0.2) is 42.5 Å². The highest BCUT2D eigenvalue weighted by Crippen LogP contribution is 2.36. The van der Waals surface area contributed by atoms with Gasteiger partial charge in [0.25, 0.3) is 0 Å². The SMILES string of the molecule is OCCC1c2ccccc2CCc2cc(F)ccc21. The van der Waals surface area contributed by atoms with Crippen molar-refractivity contribution in [2.24, 2.45) is 0 Å². The van der Waals surface area contributed by atoms with Crippen LogP contribution in [0.2, 0.25) is 0 Å². The Morgan fingerprint density at radius 2 is 1.74 bits per heavy atom. The summed E-state index contributed by atoms with van der Waals surface area (Å²) in [5.74, 6) is 0.00625. The van der Waals surface area contributed by atoms with Crippen molar-refractivity contribution < 1.29 is 9.50 Å². The van der Waals surface area contributed by atoms with Crippen LogP contribution < -0.4 is 0 Å². The predicted octanol–water partition coefficient (Wildman–Crippen LogP) is 3.44. The summed E-state index contributed by atoms with van der Waals surface area (Å²) in [5.41, 5.74) is 4.84. The van der Waals surface area contributed by atoms with E-state index in [-0.39, 0.29) is 18.3 Å². The molecule has 1 aliphatic rings. The van der Waals surface area contributed by atoms with Crippen LogP contribution >= 0.6 is 0 Å². The van der Waals surface area contributed by atoms with E-state index in [0.717, 1.165) is 18.4 Å². The topological polar surface area (TPSA) is 20.2 Å². The molecule has 19 heavy (non-hydrogen) atoms. The van der Waals surface area contributed by atoms with Crippen molar-refractivity contribution >= 4 is 0 Å². The highest BCUT2D eigenvalue weighted by Gasteiger charge is 2.23. The van der Waals surface area contributed by atoms with Gasteiger partial charge in [0.1, 0.15) is 5.82 Å². The van der Waals surface area contributed by atoms with E-state index in [2.05, 4.69) is 12.1 Å². The van der Waals surface area contributed by atoms with Crippen LogP contribution in [0.25, 0.3) is 0 Å². The lowest BCUT2D eigenvalue weighted by atomic mass is 9.86. The fourth-order valence-electron chi connectivity index (χ4n) is 3.11. The first-order valence-electron chi connectivity index (χ1n) is 6.76. The second-order valence-electron chi connectivity index (χ2n) is 5.11. The molecule has 0 radical (unpaired) electrons. The first kappa shape index (κ1) is 12.4. The van der Waals surface area contributed by atoms with Gasteiger partial charge in [-0.3, -0.25) is 0 Å². The Kier molecular flexibility index (Phi) is 3.34. The third-order valence-corrected chi connectivity index (χ3v) is 3.99. The minimum Gasteiger partial charge on any atom is -0.396 e. The molecular weight excluding hydrogens is 239 g/mol. The van der Waals surface area contributed by atoms with Crippen LogP contribution in [0.3, 0.4) is 0 Å². The highest BCUT2D eigenvalue weighted by molar-refractivity contribution is 5.45. The molecule has 0 spiro atoms. The van der Waals surface area contributed by atoms with Crippen molar-refractivity contribution in [3.8, 4) is 0 Å². The Morgan fingerprint density at radius 3 is 2.58 bits per heavy atom. The molecule has 2 heteroatoms. The number of hydrogen-bond donors (Lipinski definition) is 1. The van der Waals surface area contributed by atoms with Crippen molar-refractivity contribution in [2.45, 2.75) is 25.2 Å². The van der Waals surface area contributed by atoms with E-state index in [9.17, 15) is 9.50 Å². The first-order chi connectivity index (χ1) is 9.29. The van der Waals surface area contributed by atoms with Gasteiger partial charge in [-0.2, -0.15) is 0 Å². The molecule has 0 bridgehead atoms. The molecule has 0 fully saturated rings. The normalized spacial score (nSPS) is 17.5. The Morgan fingerprint density at radius 1 is 1.00 bits per heavy atom. The number of aliphatic hydroxyl groups is 1. The van der Waals surface area contributed by atoms with Crippen LogP contribution in [0.5, 0.6) is 0 Å². The second kappa shape index (κ2) is 5.14. The number of rotatable bonds is 2. The van der Waals surface area contributed by atoms with Gasteiger partial charge in [0, 0.05) is 12.5 Å². The summed E-state index contributed by atoms with van der Waals surface area (Å²) in [7, 11) is 0. The average Bonchev–Trinajstić information content (AvgIpc) is 2.57. The Hall–Kier alpha value is -1.67. The molecule has 1 aliphatic carbocycles. The fourth-order valence-corrected chi connectivity index (χ4v) is 3.11. The van der Waals surface area contributed by atoms with E-state index in [0.29, 0.717) is 6.42 Å². The zero-order valence-electron chi connectivity index (χ0n) is 10.8. The van der Waals surface area contributed by atoms with Gasteiger partial charge >= 0.3 is 0 Å². The molecule has 1 nitrogen and oxygen atoms in total. The van der Waals surface area contributed by atoms with E-state index in [4.69, 9.17) is 0 Å². The minimum absolute atomic E-state index is 0.149. The molecule has 1 atom stereocenters. The molecule has 3 rings (SSSR count). The van der Waals surface area contributed by atoms with Crippen LogP contribution in [-0.4, -0.2) is 11.7 Å². The zero-order valence-corrected chi connectivity index (χ0v) is 10.8. The molecule has 0 aromatic heterocycles. The number of hydrogen-bond acceptors (Lipinski definition) is 1. The lowest BCUT2D eigenvalue weighted by Gasteiger charge is -2.19. The Labute approximate surface area is 112 Å². The van der Waals surface area contributed by atoms with E-state index in [1.54, 1.807) is 6.07 Å². The van der Waals surface area contributed by atoms with Gasteiger partial charge in [-0.1, -0.05) is 30.3 Å². The number of halogens is 1. The van der Waals surface area contributed by atoms with Gasteiger partial charge in [-0.25, -0.2) is 4.39 Å². The second-order valence-corrected chi connectivity index (χ2v) is 5.11. The number of aryl methyl sites for hydroxylation is 2. The summed E-state index contributed by atoms with van der Waals surface area (Å²) in [5, 5.41) is 9.34. The molecule has 0 saturated heterocycles. The molecule has 1 unspecified atom stereocenters. The maximum Gasteiger partial charge on any atom is 0.123 e. The van der Waals surface area contributed by atoms with Gasteiger partial charge in [0.2, 0.25) is 0 Å². The first-order valence-corrected chi connectivity index (χ1v) is 6.76. The van der Waals surface area contributed by atoms with Gasteiger partial charge in [-0.15, -0.1) is 0 Å². The summed E-state index contributed by atoms with van der Waals surface area (Å²) in [6, 6.07) is 13.4. The predicted molar refractivity (Wildman–Crippen MR) is 73.8 cm³/mol. The molecule has 98 valence electrons. The summed E-state index contributed by atoms with van der Waals surface area (Å²) in [6.45, 7) is 0.149. The van der Waals surface area contributed by atoms with Gasteiger partial charge in [0.05, 0.1) is 0 Å². The third-order valence-electron chi connectivity index (χ3n) is 3.99. The summed E-state index contributed by atoms with van der Waals surface area (Å²) < 4.78 is 13.4. The number of benzene rings is 2. The molecule has 0 amide bonds. The average molecular weight is 256 g/mol. The quantitative estimate of drug-likeness (QED) is 0.872. The van der Waals surface area contributed by atoms with E-state index < -0.39 is 0 Å². The summed E-state index contributed by atoms with van der Waals surface area (Å²) in [6.07, 6.45) is 2.50. The van der Waals surface area contributed by atoms with Crippen LogP contribution in [-0.2, 0) is 12.8 Å². The summed E-state index contributed by atoms with van der Waals surface area (Å²) in [4.78, 5) is 0. The third kappa shape index (κ3) is 2.28. The maximum atomic E-state index is 13.4. The van der Waals surface area contributed by atoms with Crippen LogP contribution in [0.4, 0.5) is 4.39 Å². The lowest BCUT2D eigenvalue weighted by molar-refractivity contribution is 0.281. The van der Waals surface area contributed by atoms with Gasteiger partial charge in [0.15, 0.2) is 0 Å². The molecule has 2 aromatic rings. The molecular formula is C17H17FO. The van der Waals surface area contributed by atoms with Crippen molar-refractivity contribution in [2.75, 3.05) is 6.61 Å². The largest absolute Gasteiger partial charge is 0.396 e. The van der Waals surface area contributed by atoms with Gasteiger partial charge < -0.3 is 5.11 Å². The number of fused-ring (bicyclic) bond motifs is 2. The van der Waals surface area contributed by atoms with Crippen molar-refractivity contribution in [1.29, 1.82) is 0 Å². The van der Waals surface area contributed by atoms with Crippen molar-refractivity contribution in [1.82, 2.24) is 0 Å². The maximum absolute atomic E-state index is 13.4. The molecule has 0 aliphatic heterocycles. The van der Waals surface area contributed by atoms with Crippen molar-refractivity contribution in [3.05, 3.63) is 70.5 Å². The molecule has 1 N–H and O–H groups in total. The van der Waals surface area contributed by atoms with Gasteiger partial charge in [-0.05, 0) is 53.6 Å². The lowest BCUT2D eigenvalue weighted by Crippen LogP contribution is -2.06. The Bertz CT molecular complexity index is 592. The van der Waals surface area contributed by atoms with Crippen molar-refractivity contribution in [3.63, 3.8) is 0 Å². The monoisotopic (exact) mass is 256 g/mol. The Balaban J connectivity index is 2.15. The molecule has 0 saturated carbocycles. The van der Waals surface area contributed by atoms with E-state index >= 15 is 0 Å². The molecule has 0 heterocycles. The van der Waals surface area contributed by atoms with E-state index in [1.807, 2.05) is 18.2 Å². The highest BCUT2D eigenvalue weighted by atomic mass is 19.1. The minimum atomic E-state index is -0.174. The number of aliphatic hydroxyl groups excluding tert-OH is 1. The van der Waals surface area contributed by atoms with Crippen LogP contribution in [0, 0.1) is 5.82 Å². The smallest absolute Gasteiger partial charge is 0.123 e. The standard InChI is InChI=1S/C17H17FO/c18-14-7-8-16-13(11-14)6-5-12-3-1-2-4-15(12)17(16)9-10-19/h1-4,7-8,11,17,19H,5-6,9-10H2.